The first kappa shape index (κ1) is 33.8. The number of aromatic nitrogens is 3. The van der Waals surface area contributed by atoms with Crippen molar-refractivity contribution in [2.45, 2.75) is 83.3 Å². The van der Waals surface area contributed by atoms with E-state index < -0.39 is 48.1 Å². The number of likely N-dealkylation sites (tertiary alicyclic amines) is 1. The highest BCUT2D eigenvalue weighted by atomic mass is 32.1. The van der Waals surface area contributed by atoms with Crippen molar-refractivity contribution in [2.75, 3.05) is 18.4 Å². The maximum atomic E-state index is 15.4. The minimum Gasteiger partial charge on any atom is -0.444 e. The molecule has 5 heterocycles. The van der Waals surface area contributed by atoms with Crippen molar-refractivity contribution in [3.63, 3.8) is 0 Å². The van der Waals surface area contributed by atoms with E-state index in [1.807, 2.05) is 4.57 Å². The van der Waals surface area contributed by atoms with Crippen molar-refractivity contribution >= 4 is 34.4 Å². The van der Waals surface area contributed by atoms with Gasteiger partial charge < -0.3 is 19.1 Å². The Labute approximate surface area is 291 Å². The Balaban J connectivity index is 1.15. The van der Waals surface area contributed by atoms with Gasteiger partial charge in [-0.3, -0.25) is 14.9 Å². The summed E-state index contributed by atoms with van der Waals surface area (Å²) in [6.45, 7) is 6.09. The van der Waals surface area contributed by atoms with Gasteiger partial charge in [-0.25, -0.2) is 27.9 Å². The summed E-state index contributed by atoms with van der Waals surface area (Å²) in [4.78, 5) is 51.8. The second kappa shape index (κ2) is 13.2. The van der Waals surface area contributed by atoms with Gasteiger partial charge in [-0.2, -0.15) is 0 Å². The van der Waals surface area contributed by atoms with Gasteiger partial charge in [0.25, 0.3) is 18.2 Å². The monoisotopic (exact) mass is 706 g/mol. The number of amides is 3. The number of alkyl halides is 3. The topological polar surface area (TPSA) is 110 Å². The van der Waals surface area contributed by atoms with Gasteiger partial charge >= 0.3 is 6.09 Å². The molecule has 262 valence electrons. The van der Waals surface area contributed by atoms with E-state index >= 15 is 4.39 Å². The highest BCUT2D eigenvalue weighted by Crippen LogP contribution is 2.41. The molecule has 0 spiro atoms. The van der Waals surface area contributed by atoms with Crippen molar-refractivity contribution in [1.82, 2.24) is 24.3 Å². The molecular formula is C36H37F3N6O4S. The fourth-order valence-electron chi connectivity index (χ4n) is 7.13. The Hall–Kier alpha value is -4.72. The van der Waals surface area contributed by atoms with Crippen LogP contribution in [0.2, 0.25) is 0 Å². The Kier molecular flexibility index (Phi) is 8.91. The number of ether oxygens (including phenoxy) is 1. The van der Waals surface area contributed by atoms with Gasteiger partial charge in [0.05, 0.1) is 18.6 Å². The molecule has 1 N–H and O–H groups in total. The van der Waals surface area contributed by atoms with Crippen LogP contribution < -0.4 is 5.32 Å². The second-order valence-electron chi connectivity index (χ2n) is 13.9. The fraction of sp³-hybridized carbons (Fsp3) is 0.417. The van der Waals surface area contributed by atoms with Crippen LogP contribution in [0.25, 0.3) is 11.1 Å². The van der Waals surface area contributed by atoms with Gasteiger partial charge in [0.15, 0.2) is 11.2 Å². The van der Waals surface area contributed by atoms with Crippen LogP contribution in [0.1, 0.15) is 90.4 Å². The third-order valence-electron chi connectivity index (χ3n) is 9.48. The van der Waals surface area contributed by atoms with Crippen LogP contribution in [0.15, 0.2) is 54.3 Å². The summed E-state index contributed by atoms with van der Waals surface area (Å²) in [6, 6.07) is 8.80. The number of anilines is 1. The van der Waals surface area contributed by atoms with Crippen LogP contribution in [0, 0.1) is 0 Å². The standard InChI is InChI=1S/C36H37F3N6O4S/c1-36(2,3)49-35(48)43-13-10-23(27(37)18-43)21-8-6-20(7-9-21)22-15-24(31(38)39)26-17-45(33(47)25(26)16-22)30(32(46)42-34-40-11-14-50-34)29-28-5-4-12-44(28)19-41-29/h6-9,11,14-16,19,23,27,30-31H,4-5,10,12-13,17-18H2,1-3H3,(H,40,42,46)/t23-,27+,30-/m1/s1. The minimum absolute atomic E-state index is 0.0902. The lowest BCUT2D eigenvalue weighted by atomic mass is 9.87. The number of benzene rings is 2. The van der Waals surface area contributed by atoms with Crippen molar-refractivity contribution in [3.8, 4) is 11.1 Å². The highest BCUT2D eigenvalue weighted by molar-refractivity contribution is 7.13. The van der Waals surface area contributed by atoms with E-state index in [0.717, 1.165) is 24.2 Å². The number of carbonyl (C=O) groups excluding carboxylic acids is 3. The lowest BCUT2D eigenvalue weighted by Crippen LogP contribution is -2.46. The van der Waals surface area contributed by atoms with Gasteiger partial charge in [0, 0.05) is 53.9 Å². The predicted octanol–water partition coefficient (Wildman–Crippen LogP) is 7.29. The van der Waals surface area contributed by atoms with E-state index in [1.165, 1.54) is 27.2 Å². The van der Waals surface area contributed by atoms with E-state index in [2.05, 4.69) is 15.3 Å². The average Bonchev–Trinajstić information content (AvgIpc) is 3.88. The average molecular weight is 707 g/mol. The van der Waals surface area contributed by atoms with Crippen molar-refractivity contribution < 1.29 is 32.3 Å². The number of hydrogen-bond donors (Lipinski definition) is 1. The fourth-order valence-corrected chi connectivity index (χ4v) is 7.66. The van der Waals surface area contributed by atoms with Gasteiger partial charge in [0.1, 0.15) is 11.8 Å². The van der Waals surface area contributed by atoms with Gasteiger partial charge in [-0.15, -0.1) is 11.3 Å². The molecular weight excluding hydrogens is 669 g/mol. The third kappa shape index (κ3) is 6.48. The molecule has 1 saturated heterocycles. The number of aryl methyl sites for hydroxylation is 1. The van der Waals surface area contributed by atoms with E-state index in [4.69, 9.17) is 4.74 Å². The molecule has 50 heavy (non-hydrogen) atoms. The minimum atomic E-state index is -2.88. The van der Waals surface area contributed by atoms with Crippen LogP contribution >= 0.6 is 11.3 Å². The summed E-state index contributed by atoms with van der Waals surface area (Å²) in [6.07, 6.45) is 0.412. The molecule has 3 atom stereocenters. The number of imidazole rings is 1. The normalized spacial score (nSPS) is 19.5. The molecule has 14 heteroatoms. The van der Waals surface area contributed by atoms with E-state index in [1.54, 1.807) is 69.0 Å². The first-order valence-electron chi connectivity index (χ1n) is 16.6. The van der Waals surface area contributed by atoms with E-state index in [-0.39, 0.29) is 29.8 Å². The molecule has 0 unspecified atom stereocenters. The van der Waals surface area contributed by atoms with Crippen LogP contribution in [0.3, 0.4) is 0 Å². The summed E-state index contributed by atoms with van der Waals surface area (Å²) < 4.78 is 52.0. The maximum absolute atomic E-state index is 15.4. The molecule has 10 nitrogen and oxygen atoms in total. The molecule has 4 aromatic rings. The molecule has 2 aromatic carbocycles. The summed E-state index contributed by atoms with van der Waals surface area (Å²) in [5, 5.41) is 4.84. The van der Waals surface area contributed by atoms with Crippen LogP contribution in [-0.2, 0) is 29.0 Å². The number of nitrogens with zero attached hydrogens (tertiary/aromatic N) is 5. The van der Waals surface area contributed by atoms with Gasteiger partial charge in [0.2, 0.25) is 0 Å². The Morgan fingerprint density at radius 2 is 1.86 bits per heavy atom. The summed E-state index contributed by atoms with van der Waals surface area (Å²) >= 11 is 1.23. The van der Waals surface area contributed by atoms with Crippen molar-refractivity contribution in [2.24, 2.45) is 0 Å². The lowest BCUT2D eigenvalue weighted by molar-refractivity contribution is -0.121. The number of hydrogen-bond acceptors (Lipinski definition) is 7. The predicted molar refractivity (Wildman–Crippen MR) is 181 cm³/mol. The smallest absolute Gasteiger partial charge is 0.410 e. The number of thiazole rings is 1. The lowest BCUT2D eigenvalue weighted by Gasteiger charge is -2.35. The number of halogens is 3. The summed E-state index contributed by atoms with van der Waals surface area (Å²) in [5.74, 6) is -1.52. The van der Waals surface area contributed by atoms with Crippen molar-refractivity contribution in [3.05, 3.63) is 87.9 Å². The van der Waals surface area contributed by atoms with Gasteiger partial charge in [-0.05, 0) is 74.4 Å². The molecule has 1 fully saturated rings. The van der Waals surface area contributed by atoms with E-state index in [9.17, 15) is 23.2 Å². The van der Waals surface area contributed by atoms with Crippen molar-refractivity contribution in [1.29, 1.82) is 0 Å². The zero-order chi connectivity index (χ0) is 35.3. The first-order valence-corrected chi connectivity index (χ1v) is 17.5. The highest BCUT2D eigenvalue weighted by Gasteiger charge is 2.43. The Morgan fingerprint density at radius 1 is 1.08 bits per heavy atom. The maximum Gasteiger partial charge on any atom is 0.410 e. The van der Waals surface area contributed by atoms with Gasteiger partial charge in [-0.1, -0.05) is 24.3 Å². The summed E-state index contributed by atoms with van der Waals surface area (Å²) in [5.41, 5.74) is 2.28. The Morgan fingerprint density at radius 3 is 2.54 bits per heavy atom. The Bertz CT molecular complexity index is 1920. The van der Waals surface area contributed by atoms with E-state index in [0.29, 0.717) is 41.3 Å². The zero-order valence-electron chi connectivity index (χ0n) is 27.9. The largest absolute Gasteiger partial charge is 0.444 e. The quantitative estimate of drug-likeness (QED) is 0.216. The second-order valence-corrected chi connectivity index (χ2v) is 14.8. The number of nitrogens with one attached hydrogen (secondary N) is 1. The van der Waals surface area contributed by atoms with Crippen LogP contribution in [0.4, 0.5) is 23.1 Å². The molecule has 3 amide bonds. The molecule has 0 bridgehead atoms. The molecule has 7 rings (SSSR count). The third-order valence-corrected chi connectivity index (χ3v) is 10.2. The summed E-state index contributed by atoms with van der Waals surface area (Å²) in [7, 11) is 0. The number of rotatable bonds is 7. The number of piperidine rings is 1. The number of fused-ring (bicyclic) bond motifs is 2. The molecule has 0 radical (unpaired) electrons. The molecule has 3 aliphatic heterocycles. The zero-order valence-corrected chi connectivity index (χ0v) is 28.7. The SMILES string of the molecule is CC(C)(C)OC(=O)N1CC[C@H](c2ccc(-c3cc4c(c(C(F)F)c3)CN([C@@H](C(=O)Nc3nccs3)c3ncn5c3CCC5)C4=O)cc2)[C@@H](F)C1. The van der Waals surface area contributed by atoms with Crippen LogP contribution in [0.5, 0.6) is 0 Å². The molecule has 0 saturated carbocycles. The van der Waals surface area contributed by atoms with Crippen LogP contribution in [-0.4, -0.2) is 67.1 Å². The molecule has 3 aliphatic rings. The molecule has 0 aliphatic carbocycles. The molecule has 2 aromatic heterocycles. The first-order chi connectivity index (χ1) is 23.9. The number of carbonyl (C=O) groups is 3.